The van der Waals surface area contributed by atoms with Crippen molar-refractivity contribution in [2.75, 3.05) is 19.8 Å². The molecular formula is C14H23N3O2. The molecule has 0 spiro atoms. The molecule has 2 N–H and O–H groups in total. The van der Waals surface area contributed by atoms with E-state index in [0.29, 0.717) is 12.3 Å². The third-order valence-corrected chi connectivity index (χ3v) is 3.70. The number of H-pyrrole nitrogens is 1. The molecule has 106 valence electrons. The lowest BCUT2D eigenvalue weighted by Gasteiger charge is -2.08. The van der Waals surface area contributed by atoms with E-state index in [1.54, 1.807) is 0 Å². The molecule has 0 saturated carbocycles. The second kappa shape index (κ2) is 6.70. The van der Waals surface area contributed by atoms with Crippen LogP contribution in [-0.2, 0) is 16.0 Å². The van der Waals surface area contributed by atoms with Crippen LogP contribution >= 0.6 is 0 Å². The second-order valence-electron chi connectivity index (χ2n) is 5.30. The first-order valence-corrected chi connectivity index (χ1v) is 7.01. The van der Waals surface area contributed by atoms with E-state index >= 15 is 0 Å². The third kappa shape index (κ3) is 4.06. The Labute approximate surface area is 114 Å². The van der Waals surface area contributed by atoms with Crippen LogP contribution < -0.4 is 5.32 Å². The molecule has 0 aromatic carbocycles. The van der Waals surface area contributed by atoms with Crippen molar-refractivity contribution in [3.05, 3.63) is 17.0 Å². The SMILES string of the molecule is Cc1n[nH]c(C)c1CCCNC(=O)C[C@H]1CCOC1. The van der Waals surface area contributed by atoms with Gasteiger partial charge in [0.1, 0.15) is 0 Å². The van der Waals surface area contributed by atoms with E-state index in [1.807, 2.05) is 13.8 Å². The Morgan fingerprint density at radius 1 is 1.53 bits per heavy atom. The molecule has 1 aliphatic rings. The van der Waals surface area contributed by atoms with Gasteiger partial charge in [0.25, 0.3) is 0 Å². The molecular weight excluding hydrogens is 242 g/mol. The minimum Gasteiger partial charge on any atom is -0.381 e. The molecule has 1 atom stereocenters. The van der Waals surface area contributed by atoms with Crippen LogP contribution in [0, 0.1) is 19.8 Å². The summed E-state index contributed by atoms with van der Waals surface area (Å²) in [6.07, 6.45) is 3.53. The van der Waals surface area contributed by atoms with Gasteiger partial charge in [0.2, 0.25) is 5.91 Å². The van der Waals surface area contributed by atoms with Gasteiger partial charge in [-0.3, -0.25) is 9.89 Å². The van der Waals surface area contributed by atoms with E-state index in [0.717, 1.165) is 50.4 Å². The molecule has 0 radical (unpaired) electrons. The van der Waals surface area contributed by atoms with Gasteiger partial charge in [0, 0.05) is 31.9 Å². The van der Waals surface area contributed by atoms with E-state index in [2.05, 4.69) is 15.5 Å². The predicted molar refractivity (Wildman–Crippen MR) is 72.9 cm³/mol. The molecule has 0 aliphatic carbocycles. The van der Waals surface area contributed by atoms with Gasteiger partial charge in [-0.1, -0.05) is 0 Å². The Balaban J connectivity index is 1.62. The molecule has 1 aliphatic heterocycles. The van der Waals surface area contributed by atoms with Gasteiger partial charge in [-0.15, -0.1) is 0 Å². The summed E-state index contributed by atoms with van der Waals surface area (Å²) in [7, 11) is 0. The molecule has 5 nitrogen and oxygen atoms in total. The average molecular weight is 265 g/mol. The predicted octanol–water partition coefficient (Wildman–Crippen LogP) is 1.50. The molecule has 19 heavy (non-hydrogen) atoms. The van der Waals surface area contributed by atoms with Gasteiger partial charge in [0.05, 0.1) is 5.69 Å². The van der Waals surface area contributed by atoms with Crippen molar-refractivity contribution >= 4 is 5.91 Å². The van der Waals surface area contributed by atoms with E-state index < -0.39 is 0 Å². The van der Waals surface area contributed by atoms with E-state index in [9.17, 15) is 4.79 Å². The highest BCUT2D eigenvalue weighted by Gasteiger charge is 2.18. The Kier molecular flexibility index (Phi) is 4.96. The fourth-order valence-electron chi connectivity index (χ4n) is 2.51. The Hall–Kier alpha value is -1.36. The highest BCUT2D eigenvalue weighted by Crippen LogP contribution is 2.16. The van der Waals surface area contributed by atoms with Crippen LogP contribution in [0.4, 0.5) is 0 Å². The van der Waals surface area contributed by atoms with Gasteiger partial charge < -0.3 is 10.1 Å². The van der Waals surface area contributed by atoms with Gasteiger partial charge >= 0.3 is 0 Å². The Bertz CT molecular complexity index is 403. The van der Waals surface area contributed by atoms with E-state index in [1.165, 1.54) is 5.56 Å². The van der Waals surface area contributed by atoms with Gasteiger partial charge in [-0.25, -0.2) is 0 Å². The number of aromatic amines is 1. The van der Waals surface area contributed by atoms with Crippen LogP contribution in [0.3, 0.4) is 0 Å². The number of hydrogen-bond donors (Lipinski definition) is 2. The van der Waals surface area contributed by atoms with Gasteiger partial charge in [0.15, 0.2) is 0 Å². The Morgan fingerprint density at radius 2 is 2.37 bits per heavy atom. The first-order chi connectivity index (χ1) is 9.16. The summed E-state index contributed by atoms with van der Waals surface area (Å²) >= 11 is 0. The largest absolute Gasteiger partial charge is 0.381 e. The summed E-state index contributed by atoms with van der Waals surface area (Å²) in [6, 6.07) is 0. The zero-order valence-corrected chi connectivity index (χ0v) is 11.8. The first-order valence-electron chi connectivity index (χ1n) is 7.01. The summed E-state index contributed by atoms with van der Waals surface area (Å²) in [6.45, 7) is 6.32. The molecule has 2 rings (SSSR count). The molecule has 5 heteroatoms. The number of hydrogen-bond acceptors (Lipinski definition) is 3. The maximum atomic E-state index is 11.7. The third-order valence-electron chi connectivity index (χ3n) is 3.70. The number of ether oxygens (including phenoxy) is 1. The molecule has 0 unspecified atom stereocenters. The lowest BCUT2D eigenvalue weighted by Crippen LogP contribution is -2.27. The summed E-state index contributed by atoms with van der Waals surface area (Å²) < 4.78 is 5.27. The van der Waals surface area contributed by atoms with Crippen molar-refractivity contribution in [3.8, 4) is 0 Å². The van der Waals surface area contributed by atoms with E-state index in [-0.39, 0.29) is 5.91 Å². The standard InChI is InChI=1S/C14H23N3O2/c1-10-13(11(2)17-16-10)4-3-6-15-14(18)8-12-5-7-19-9-12/h12H,3-9H2,1-2H3,(H,15,18)(H,16,17)/t12-/m1/s1. The smallest absolute Gasteiger partial charge is 0.220 e. The normalized spacial score (nSPS) is 18.7. The van der Waals surface area contributed by atoms with Crippen molar-refractivity contribution in [2.45, 2.75) is 39.5 Å². The quantitative estimate of drug-likeness (QED) is 0.766. The Morgan fingerprint density at radius 3 is 3.00 bits per heavy atom. The highest BCUT2D eigenvalue weighted by atomic mass is 16.5. The van der Waals surface area contributed by atoms with Crippen LogP contribution in [0.15, 0.2) is 0 Å². The zero-order valence-electron chi connectivity index (χ0n) is 11.8. The highest BCUT2D eigenvalue weighted by molar-refractivity contribution is 5.76. The van der Waals surface area contributed by atoms with Crippen LogP contribution in [0.1, 0.15) is 36.2 Å². The first kappa shape index (κ1) is 14.1. The van der Waals surface area contributed by atoms with Crippen molar-refractivity contribution in [2.24, 2.45) is 5.92 Å². The zero-order chi connectivity index (χ0) is 13.7. The van der Waals surface area contributed by atoms with Crippen molar-refractivity contribution in [1.82, 2.24) is 15.5 Å². The number of nitrogens with one attached hydrogen (secondary N) is 2. The van der Waals surface area contributed by atoms with Crippen molar-refractivity contribution in [3.63, 3.8) is 0 Å². The molecule has 1 fully saturated rings. The molecule has 2 heterocycles. The lowest BCUT2D eigenvalue weighted by molar-refractivity contribution is -0.122. The number of amides is 1. The maximum Gasteiger partial charge on any atom is 0.220 e. The maximum absolute atomic E-state index is 11.7. The van der Waals surface area contributed by atoms with Crippen molar-refractivity contribution in [1.29, 1.82) is 0 Å². The minimum atomic E-state index is 0.149. The molecule has 1 amide bonds. The number of carbonyl (C=O) groups excluding carboxylic acids is 1. The number of carbonyl (C=O) groups is 1. The van der Waals surface area contributed by atoms with Gasteiger partial charge in [-0.05, 0) is 44.6 Å². The minimum absolute atomic E-state index is 0.149. The second-order valence-corrected chi connectivity index (χ2v) is 5.30. The molecule has 0 bridgehead atoms. The summed E-state index contributed by atoms with van der Waals surface area (Å²) in [4.78, 5) is 11.7. The fraction of sp³-hybridized carbons (Fsp3) is 0.714. The van der Waals surface area contributed by atoms with Gasteiger partial charge in [-0.2, -0.15) is 5.10 Å². The summed E-state index contributed by atoms with van der Waals surface area (Å²) in [5.41, 5.74) is 3.47. The molecule has 1 aromatic heterocycles. The monoisotopic (exact) mass is 265 g/mol. The van der Waals surface area contributed by atoms with E-state index in [4.69, 9.17) is 4.74 Å². The topological polar surface area (TPSA) is 67.0 Å². The number of aromatic nitrogens is 2. The van der Waals surface area contributed by atoms with Crippen LogP contribution in [-0.4, -0.2) is 35.9 Å². The number of nitrogens with zero attached hydrogens (tertiary/aromatic N) is 1. The van der Waals surface area contributed by atoms with Crippen molar-refractivity contribution < 1.29 is 9.53 Å². The fourth-order valence-corrected chi connectivity index (χ4v) is 2.51. The summed E-state index contributed by atoms with van der Waals surface area (Å²) in [5, 5.41) is 10.1. The lowest BCUT2D eigenvalue weighted by atomic mass is 10.0. The van der Waals surface area contributed by atoms with Crippen LogP contribution in [0.25, 0.3) is 0 Å². The van der Waals surface area contributed by atoms with Crippen LogP contribution in [0.2, 0.25) is 0 Å². The molecule has 1 aromatic rings. The number of aryl methyl sites for hydroxylation is 2. The summed E-state index contributed by atoms with van der Waals surface area (Å²) in [5.74, 6) is 0.564. The molecule has 1 saturated heterocycles. The van der Waals surface area contributed by atoms with Crippen LogP contribution in [0.5, 0.6) is 0 Å². The number of rotatable bonds is 6. The average Bonchev–Trinajstić information content (AvgIpc) is 2.98.